The number of nitrogens with one attached hydrogen (secondary N) is 2. The summed E-state index contributed by atoms with van der Waals surface area (Å²) in [6, 6.07) is 7.59. The third-order valence-corrected chi connectivity index (χ3v) is 6.74. The van der Waals surface area contributed by atoms with Crippen molar-refractivity contribution in [2.24, 2.45) is 5.92 Å². The Morgan fingerprint density at radius 1 is 1.17 bits per heavy atom. The highest BCUT2D eigenvalue weighted by molar-refractivity contribution is 7.98. The van der Waals surface area contributed by atoms with Gasteiger partial charge in [0.15, 0.2) is 0 Å². The topological polar surface area (TPSA) is 85.2 Å². The summed E-state index contributed by atoms with van der Waals surface area (Å²) < 4.78 is 6.81. The number of hydrogen-bond acceptors (Lipinski definition) is 5. The maximum atomic E-state index is 12.6. The van der Waals surface area contributed by atoms with E-state index in [2.05, 4.69) is 15.7 Å². The second-order valence-electron chi connectivity index (χ2n) is 7.95. The molecule has 0 radical (unpaired) electrons. The number of rotatable bonds is 8. The molecule has 1 saturated carbocycles. The van der Waals surface area contributed by atoms with Crippen molar-refractivity contribution in [3.8, 4) is 5.75 Å². The van der Waals surface area contributed by atoms with E-state index in [-0.39, 0.29) is 18.4 Å². The molecule has 0 atom stereocenters. The number of hydrogen-bond donors (Lipinski definition) is 2. The van der Waals surface area contributed by atoms with E-state index in [1.165, 1.54) is 12.8 Å². The lowest BCUT2D eigenvalue weighted by Crippen LogP contribution is -2.29. The fourth-order valence-electron chi connectivity index (χ4n) is 4.12. The molecule has 2 amide bonds. The van der Waals surface area contributed by atoms with E-state index < -0.39 is 0 Å². The first kappa shape index (κ1) is 20.8. The first-order valence-electron chi connectivity index (χ1n) is 10.5. The van der Waals surface area contributed by atoms with Crippen molar-refractivity contribution in [3.05, 3.63) is 41.1 Å². The minimum atomic E-state index is -0.133. The Bertz CT molecular complexity index is 904. The highest BCUT2D eigenvalue weighted by Crippen LogP contribution is 2.35. The normalized spacial score (nSPS) is 15.8. The van der Waals surface area contributed by atoms with Crippen molar-refractivity contribution in [1.29, 1.82) is 0 Å². The Hall–Kier alpha value is -2.48. The Morgan fingerprint density at radius 3 is 2.67 bits per heavy atom. The Kier molecular flexibility index (Phi) is 6.62. The number of carbonyl (C=O) groups is 2. The number of benzene rings is 1. The average molecular weight is 429 g/mol. The molecule has 2 N–H and O–H groups in total. The highest BCUT2D eigenvalue weighted by atomic mass is 32.2. The molecule has 1 aromatic carbocycles. The van der Waals surface area contributed by atoms with Crippen molar-refractivity contribution in [1.82, 2.24) is 15.1 Å². The van der Waals surface area contributed by atoms with Crippen LogP contribution in [-0.4, -0.2) is 28.7 Å². The van der Waals surface area contributed by atoms with Gasteiger partial charge < -0.3 is 15.4 Å². The molecule has 0 bridgehead atoms. The molecular weight excluding hydrogens is 400 g/mol. The lowest BCUT2D eigenvalue weighted by atomic mass is 10.0. The zero-order valence-electron chi connectivity index (χ0n) is 17.3. The second kappa shape index (κ2) is 9.55. The number of methoxy groups -OCH3 is 1. The monoisotopic (exact) mass is 428 g/mol. The van der Waals surface area contributed by atoms with Crippen LogP contribution in [0.1, 0.15) is 48.9 Å². The summed E-state index contributed by atoms with van der Waals surface area (Å²) in [4.78, 5) is 25.1. The molecule has 7 nitrogen and oxygen atoms in total. The molecule has 2 aliphatic rings. The van der Waals surface area contributed by atoms with Gasteiger partial charge in [0.2, 0.25) is 11.8 Å². The van der Waals surface area contributed by atoms with Crippen LogP contribution < -0.4 is 15.4 Å². The number of fused-ring (bicyclic) bond motifs is 1. The standard InChI is InChI=1S/C22H28N4O3S/c1-29-17-8-6-16(7-9-17)11-23-21(28)12-26-22(18-13-30-14-19(18)25-26)24-20(27)10-15-4-2-3-5-15/h6-9,15H,2-5,10-14H2,1H3,(H,23,28)(H,24,27). The van der Waals surface area contributed by atoms with Gasteiger partial charge in [-0.15, -0.1) is 0 Å². The maximum Gasteiger partial charge on any atom is 0.242 e. The van der Waals surface area contributed by atoms with Gasteiger partial charge in [-0.05, 0) is 36.5 Å². The Balaban J connectivity index is 1.37. The van der Waals surface area contributed by atoms with Crippen LogP contribution in [-0.2, 0) is 34.2 Å². The van der Waals surface area contributed by atoms with Crippen LogP contribution in [0.3, 0.4) is 0 Å². The van der Waals surface area contributed by atoms with E-state index in [0.29, 0.717) is 24.7 Å². The van der Waals surface area contributed by atoms with Crippen molar-refractivity contribution < 1.29 is 14.3 Å². The summed E-state index contributed by atoms with van der Waals surface area (Å²) in [5, 5.41) is 10.6. The van der Waals surface area contributed by atoms with E-state index in [4.69, 9.17) is 4.74 Å². The minimum absolute atomic E-state index is 0.0291. The van der Waals surface area contributed by atoms with Crippen LogP contribution in [0.4, 0.5) is 5.82 Å². The maximum absolute atomic E-state index is 12.6. The molecule has 1 aliphatic heterocycles. The Morgan fingerprint density at radius 2 is 1.93 bits per heavy atom. The van der Waals surface area contributed by atoms with Gasteiger partial charge in [0, 0.05) is 30.0 Å². The number of carbonyl (C=O) groups excluding carboxylic acids is 2. The van der Waals surface area contributed by atoms with Gasteiger partial charge in [-0.1, -0.05) is 25.0 Å². The number of ether oxygens (including phenoxy) is 1. The smallest absolute Gasteiger partial charge is 0.242 e. The van der Waals surface area contributed by atoms with Crippen molar-refractivity contribution in [2.75, 3.05) is 12.4 Å². The van der Waals surface area contributed by atoms with Crippen LogP contribution in [0.2, 0.25) is 0 Å². The summed E-state index contributed by atoms with van der Waals surface area (Å²) in [6.07, 6.45) is 5.26. The third kappa shape index (κ3) is 4.98. The number of nitrogens with zero attached hydrogens (tertiary/aromatic N) is 2. The summed E-state index contributed by atoms with van der Waals surface area (Å²) in [7, 11) is 1.63. The highest BCUT2D eigenvalue weighted by Gasteiger charge is 2.26. The van der Waals surface area contributed by atoms with Crippen LogP contribution in [0, 0.1) is 5.92 Å². The van der Waals surface area contributed by atoms with Crippen LogP contribution >= 0.6 is 11.8 Å². The number of thioether (sulfide) groups is 1. The molecule has 160 valence electrons. The van der Waals surface area contributed by atoms with Gasteiger partial charge in [0.1, 0.15) is 18.1 Å². The molecule has 30 heavy (non-hydrogen) atoms. The molecule has 2 aromatic rings. The summed E-state index contributed by atoms with van der Waals surface area (Å²) in [5.74, 6) is 3.50. The predicted molar refractivity (Wildman–Crippen MR) is 117 cm³/mol. The van der Waals surface area contributed by atoms with E-state index >= 15 is 0 Å². The van der Waals surface area contributed by atoms with Gasteiger partial charge in [0.05, 0.1) is 12.8 Å². The first-order valence-corrected chi connectivity index (χ1v) is 11.6. The molecule has 0 unspecified atom stereocenters. The summed E-state index contributed by atoms with van der Waals surface area (Å²) >= 11 is 1.78. The van der Waals surface area contributed by atoms with Crippen LogP contribution in [0.15, 0.2) is 24.3 Å². The third-order valence-electron chi connectivity index (χ3n) is 5.77. The van der Waals surface area contributed by atoms with Crippen LogP contribution in [0.5, 0.6) is 5.75 Å². The largest absolute Gasteiger partial charge is 0.497 e. The van der Waals surface area contributed by atoms with Crippen LogP contribution in [0.25, 0.3) is 0 Å². The summed E-state index contributed by atoms with van der Waals surface area (Å²) in [6.45, 7) is 0.524. The van der Waals surface area contributed by atoms with E-state index in [0.717, 1.165) is 46.9 Å². The minimum Gasteiger partial charge on any atom is -0.497 e. The summed E-state index contributed by atoms with van der Waals surface area (Å²) in [5.41, 5.74) is 3.02. The van der Waals surface area contributed by atoms with Crippen molar-refractivity contribution in [2.45, 2.75) is 56.7 Å². The lowest BCUT2D eigenvalue weighted by molar-refractivity contribution is -0.122. The SMILES string of the molecule is COc1ccc(CNC(=O)Cn2nc3c(c2NC(=O)CC2CCCC2)CSC3)cc1. The Labute approximate surface area is 180 Å². The van der Waals surface area contributed by atoms with Crippen molar-refractivity contribution >= 4 is 29.4 Å². The molecule has 8 heteroatoms. The molecule has 4 rings (SSSR count). The fourth-order valence-corrected chi connectivity index (χ4v) is 5.15. The molecule has 0 spiro atoms. The predicted octanol–water partition coefficient (Wildman–Crippen LogP) is 3.47. The zero-order valence-corrected chi connectivity index (χ0v) is 18.1. The first-order chi connectivity index (χ1) is 14.6. The molecule has 0 saturated heterocycles. The molecule has 1 fully saturated rings. The van der Waals surface area contributed by atoms with Gasteiger partial charge in [-0.3, -0.25) is 9.59 Å². The van der Waals surface area contributed by atoms with Crippen molar-refractivity contribution in [3.63, 3.8) is 0 Å². The van der Waals surface area contributed by atoms with E-state index in [1.807, 2.05) is 24.3 Å². The quantitative estimate of drug-likeness (QED) is 0.672. The molecule has 1 aliphatic carbocycles. The zero-order chi connectivity index (χ0) is 20.9. The molecule has 1 aromatic heterocycles. The number of anilines is 1. The average Bonchev–Trinajstić information content (AvgIpc) is 3.47. The number of aromatic nitrogens is 2. The fraction of sp³-hybridized carbons (Fsp3) is 0.500. The van der Waals surface area contributed by atoms with E-state index in [1.54, 1.807) is 23.6 Å². The van der Waals surface area contributed by atoms with Gasteiger partial charge >= 0.3 is 0 Å². The van der Waals surface area contributed by atoms with E-state index in [9.17, 15) is 9.59 Å². The number of amides is 2. The van der Waals surface area contributed by atoms with Gasteiger partial charge in [-0.2, -0.15) is 16.9 Å². The van der Waals surface area contributed by atoms with Gasteiger partial charge in [0.25, 0.3) is 0 Å². The molecule has 2 heterocycles. The molecular formula is C22H28N4O3S. The second-order valence-corrected chi connectivity index (χ2v) is 8.94. The lowest BCUT2D eigenvalue weighted by Gasteiger charge is -2.13. The van der Waals surface area contributed by atoms with Gasteiger partial charge in [-0.25, -0.2) is 4.68 Å².